The molecule has 1 atom stereocenters. The number of hydrogen-bond acceptors (Lipinski definition) is 4. The fourth-order valence-corrected chi connectivity index (χ4v) is 1.25. The second-order valence-electron chi connectivity index (χ2n) is 4.56. The van der Waals surface area contributed by atoms with Crippen LogP contribution >= 0.6 is 0 Å². The van der Waals surface area contributed by atoms with Crippen LogP contribution < -0.4 is 5.73 Å². The molecule has 0 heterocycles. The minimum Gasteiger partial charge on any atom is -0.465 e. The lowest BCUT2D eigenvalue weighted by Gasteiger charge is -2.25. The molecule has 0 saturated heterocycles. The molecule has 108 valence electrons. The molecular weight excluding hydrogens is 249 g/mol. The lowest BCUT2D eigenvalue weighted by atomic mass is 9.99. The van der Waals surface area contributed by atoms with E-state index in [1.54, 1.807) is 14.0 Å². The monoisotopic (exact) mass is 270 g/mol. The molecule has 0 rings (SSSR count). The lowest BCUT2D eigenvalue weighted by Crippen LogP contribution is -2.48. The van der Waals surface area contributed by atoms with Gasteiger partial charge in [-0.05, 0) is 27.3 Å². The van der Waals surface area contributed by atoms with E-state index >= 15 is 0 Å². The Morgan fingerprint density at radius 1 is 1.28 bits per heavy atom. The first-order valence-corrected chi connectivity index (χ1v) is 5.80. The minimum absolute atomic E-state index is 0.109. The van der Waals surface area contributed by atoms with Gasteiger partial charge < -0.3 is 15.4 Å². The summed E-state index contributed by atoms with van der Waals surface area (Å²) in [4.78, 5) is 12.9. The summed E-state index contributed by atoms with van der Waals surface area (Å²) in [5.74, 6) is -0.533. The van der Waals surface area contributed by atoms with Crippen molar-refractivity contribution in [1.82, 2.24) is 4.90 Å². The molecule has 0 spiro atoms. The molecule has 18 heavy (non-hydrogen) atoms. The summed E-state index contributed by atoms with van der Waals surface area (Å²) in [5, 5.41) is 0. The SMILES string of the molecule is CCOC(=O)C(C)(N)CCN(C)CCC(F)(F)F. The van der Waals surface area contributed by atoms with Crippen molar-refractivity contribution < 1.29 is 22.7 Å². The van der Waals surface area contributed by atoms with E-state index < -0.39 is 24.1 Å². The zero-order chi connectivity index (χ0) is 14.4. The Labute approximate surface area is 105 Å². The van der Waals surface area contributed by atoms with Crippen LogP contribution in [-0.2, 0) is 9.53 Å². The minimum atomic E-state index is -4.17. The Hall–Kier alpha value is -0.820. The highest BCUT2D eigenvalue weighted by Crippen LogP contribution is 2.19. The summed E-state index contributed by atoms with van der Waals surface area (Å²) in [6.45, 7) is 3.62. The van der Waals surface area contributed by atoms with E-state index in [0.29, 0.717) is 6.54 Å². The van der Waals surface area contributed by atoms with Crippen molar-refractivity contribution >= 4 is 5.97 Å². The van der Waals surface area contributed by atoms with Crippen molar-refractivity contribution in [2.45, 2.75) is 38.4 Å². The highest BCUT2D eigenvalue weighted by Gasteiger charge is 2.31. The smallest absolute Gasteiger partial charge is 0.390 e. The second-order valence-corrected chi connectivity index (χ2v) is 4.56. The van der Waals surface area contributed by atoms with E-state index in [2.05, 4.69) is 0 Å². The van der Waals surface area contributed by atoms with Crippen LogP contribution in [0.1, 0.15) is 26.7 Å². The lowest BCUT2D eigenvalue weighted by molar-refractivity contribution is -0.149. The number of halogens is 3. The van der Waals surface area contributed by atoms with Gasteiger partial charge in [0.2, 0.25) is 0 Å². The van der Waals surface area contributed by atoms with E-state index in [0.717, 1.165) is 0 Å². The van der Waals surface area contributed by atoms with Gasteiger partial charge in [0, 0.05) is 13.1 Å². The van der Waals surface area contributed by atoms with Crippen LogP contribution in [0.5, 0.6) is 0 Å². The van der Waals surface area contributed by atoms with Crippen LogP contribution in [0.4, 0.5) is 13.2 Å². The molecule has 0 amide bonds. The topological polar surface area (TPSA) is 55.6 Å². The number of carbonyl (C=O) groups is 1. The van der Waals surface area contributed by atoms with Crippen molar-refractivity contribution in [1.29, 1.82) is 0 Å². The van der Waals surface area contributed by atoms with E-state index in [9.17, 15) is 18.0 Å². The maximum absolute atomic E-state index is 12.0. The predicted molar refractivity (Wildman–Crippen MR) is 62.0 cm³/mol. The van der Waals surface area contributed by atoms with Crippen LogP contribution in [0.2, 0.25) is 0 Å². The van der Waals surface area contributed by atoms with Crippen molar-refractivity contribution in [3.63, 3.8) is 0 Å². The van der Waals surface area contributed by atoms with Gasteiger partial charge in [0.15, 0.2) is 0 Å². The maximum atomic E-state index is 12.0. The first-order chi connectivity index (χ1) is 8.08. The van der Waals surface area contributed by atoms with Gasteiger partial charge in [-0.25, -0.2) is 0 Å². The van der Waals surface area contributed by atoms with Crippen molar-refractivity contribution in [3.8, 4) is 0 Å². The van der Waals surface area contributed by atoms with Crippen molar-refractivity contribution in [3.05, 3.63) is 0 Å². The molecule has 4 nitrogen and oxygen atoms in total. The molecule has 0 saturated carbocycles. The summed E-state index contributed by atoms with van der Waals surface area (Å²) >= 11 is 0. The van der Waals surface area contributed by atoms with Crippen LogP contribution in [0.25, 0.3) is 0 Å². The number of rotatable bonds is 7. The van der Waals surface area contributed by atoms with Gasteiger partial charge in [-0.15, -0.1) is 0 Å². The molecule has 0 aromatic rings. The molecule has 1 unspecified atom stereocenters. The van der Waals surface area contributed by atoms with Crippen LogP contribution in [0.15, 0.2) is 0 Å². The molecule has 0 radical (unpaired) electrons. The van der Waals surface area contributed by atoms with Gasteiger partial charge >= 0.3 is 12.1 Å². The second kappa shape index (κ2) is 6.94. The molecule has 0 aliphatic heterocycles. The fourth-order valence-electron chi connectivity index (χ4n) is 1.25. The summed E-state index contributed by atoms with van der Waals surface area (Å²) in [7, 11) is 1.56. The third-order valence-corrected chi connectivity index (χ3v) is 2.53. The number of nitrogens with zero attached hydrogens (tertiary/aromatic N) is 1. The predicted octanol–water partition coefficient (Wildman–Crippen LogP) is 1.54. The van der Waals surface area contributed by atoms with Crippen LogP contribution in [0.3, 0.4) is 0 Å². The summed E-state index contributed by atoms with van der Waals surface area (Å²) in [6.07, 6.45) is -4.79. The first-order valence-electron chi connectivity index (χ1n) is 5.80. The normalized spacial score (nSPS) is 15.6. The zero-order valence-electron chi connectivity index (χ0n) is 11.0. The van der Waals surface area contributed by atoms with Gasteiger partial charge in [-0.3, -0.25) is 4.79 Å². The highest BCUT2D eigenvalue weighted by atomic mass is 19.4. The molecule has 0 aliphatic rings. The van der Waals surface area contributed by atoms with Gasteiger partial charge in [0.1, 0.15) is 5.54 Å². The quantitative estimate of drug-likeness (QED) is 0.713. The van der Waals surface area contributed by atoms with Crippen LogP contribution in [0, 0.1) is 0 Å². The Balaban J connectivity index is 4.04. The van der Waals surface area contributed by atoms with E-state index in [1.807, 2.05) is 0 Å². The van der Waals surface area contributed by atoms with Crippen molar-refractivity contribution in [2.75, 3.05) is 26.7 Å². The molecule has 0 aromatic heterocycles. The zero-order valence-corrected chi connectivity index (χ0v) is 11.0. The Kier molecular flexibility index (Phi) is 6.62. The highest BCUT2D eigenvalue weighted by molar-refractivity contribution is 5.79. The van der Waals surface area contributed by atoms with Crippen LogP contribution in [-0.4, -0.2) is 49.3 Å². The Bertz CT molecular complexity index is 268. The summed E-state index contributed by atoms with van der Waals surface area (Å²) in [6, 6.07) is 0. The van der Waals surface area contributed by atoms with E-state index in [1.165, 1.54) is 11.8 Å². The number of alkyl halides is 3. The number of carbonyl (C=O) groups excluding carboxylic acids is 1. The summed E-state index contributed by atoms with van der Waals surface area (Å²) in [5.41, 5.74) is 4.59. The molecule has 2 N–H and O–H groups in total. The molecule has 0 bridgehead atoms. The number of nitrogens with two attached hydrogens (primary N) is 1. The third-order valence-electron chi connectivity index (χ3n) is 2.53. The van der Waals surface area contributed by atoms with Crippen molar-refractivity contribution in [2.24, 2.45) is 5.73 Å². The molecule has 0 aliphatic carbocycles. The van der Waals surface area contributed by atoms with Gasteiger partial charge in [-0.1, -0.05) is 0 Å². The number of esters is 1. The first kappa shape index (κ1) is 17.2. The third kappa shape index (κ3) is 7.50. The van der Waals surface area contributed by atoms with Gasteiger partial charge in [0.05, 0.1) is 13.0 Å². The molecule has 0 fully saturated rings. The van der Waals surface area contributed by atoms with Gasteiger partial charge in [-0.2, -0.15) is 13.2 Å². The number of hydrogen-bond donors (Lipinski definition) is 1. The average molecular weight is 270 g/mol. The van der Waals surface area contributed by atoms with E-state index in [4.69, 9.17) is 10.5 Å². The maximum Gasteiger partial charge on any atom is 0.390 e. The molecule has 0 aromatic carbocycles. The molecule has 7 heteroatoms. The Morgan fingerprint density at radius 2 is 1.78 bits per heavy atom. The fraction of sp³-hybridized carbons (Fsp3) is 0.909. The standard InChI is InChI=1S/C11H21F3N2O2/c1-4-18-9(17)10(2,15)5-7-16(3)8-6-11(12,13)14/h4-8,15H2,1-3H3. The number of ether oxygens (including phenoxy) is 1. The van der Waals surface area contributed by atoms with E-state index in [-0.39, 0.29) is 19.6 Å². The van der Waals surface area contributed by atoms with Gasteiger partial charge in [0.25, 0.3) is 0 Å². The summed E-state index contributed by atoms with van der Waals surface area (Å²) < 4.78 is 40.8. The average Bonchev–Trinajstić information content (AvgIpc) is 2.23. The molecular formula is C11H21F3N2O2. The largest absolute Gasteiger partial charge is 0.465 e. The Morgan fingerprint density at radius 3 is 2.22 bits per heavy atom.